The van der Waals surface area contributed by atoms with Gasteiger partial charge in [-0.2, -0.15) is 0 Å². The fourth-order valence-corrected chi connectivity index (χ4v) is 0.529. The minimum Gasteiger partial charge on any atom is -0.459 e. The molecule has 0 fully saturated rings. The standard InChI is InChI=1S/C6H13NO4/c1-5(8)11-6(3-7)4-10-9-2/h6H,3-4,7H2,1-2H3. The summed E-state index contributed by atoms with van der Waals surface area (Å²) in [5.41, 5.74) is 5.25. The van der Waals surface area contributed by atoms with E-state index >= 15 is 0 Å². The molecule has 0 heterocycles. The van der Waals surface area contributed by atoms with Gasteiger partial charge < -0.3 is 10.5 Å². The summed E-state index contributed by atoms with van der Waals surface area (Å²) in [4.78, 5) is 19.2. The van der Waals surface area contributed by atoms with E-state index in [-0.39, 0.29) is 19.1 Å². The Kier molecular flexibility index (Phi) is 5.73. The van der Waals surface area contributed by atoms with Gasteiger partial charge in [0.15, 0.2) is 0 Å². The van der Waals surface area contributed by atoms with Crippen molar-refractivity contribution in [1.29, 1.82) is 0 Å². The molecule has 0 radical (unpaired) electrons. The van der Waals surface area contributed by atoms with Crippen LogP contribution in [0, 0.1) is 0 Å². The molecule has 1 unspecified atom stereocenters. The van der Waals surface area contributed by atoms with Crippen LogP contribution in [0.2, 0.25) is 0 Å². The normalized spacial score (nSPS) is 12.6. The van der Waals surface area contributed by atoms with Crippen LogP contribution in [-0.4, -0.2) is 32.3 Å². The zero-order chi connectivity index (χ0) is 8.69. The SMILES string of the molecule is COOCC(CN)OC(C)=O. The number of hydrogen-bond acceptors (Lipinski definition) is 5. The lowest BCUT2D eigenvalue weighted by molar-refractivity contribution is -0.284. The number of nitrogens with two attached hydrogens (primary N) is 1. The molecule has 0 rings (SSSR count). The number of carbonyl (C=O) groups excluding carboxylic acids is 1. The van der Waals surface area contributed by atoms with Gasteiger partial charge in [0.05, 0.1) is 7.11 Å². The van der Waals surface area contributed by atoms with E-state index in [0.717, 1.165) is 0 Å². The van der Waals surface area contributed by atoms with E-state index in [1.165, 1.54) is 14.0 Å². The van der Waals surface area contributed by atoms with E-state index in [4.69, 9.17) is 10.5 Å². The smallest absolute Gasteiger partial charge is 0.303 e. The zero-order valence-corrected chi connectivity index (χ0v) is 6.70. The van der Waals surface area contributed by atoms with Crippen LogP contribution in [0.4, 0.5) is 0 Å². The number of esters is 1. The second-order valence-corrected chi connectivity index (χ2v) is 1.92. The highest BCUT2D eigenvalue weighted by atomic mass is 17.2. The maximum atomic E-state index is 10.4. The lowest BCUT2D eigenvalue weighted by Gasteiger charge is -2.12. The fraction of sp³-hybridized carbons (Fsp3) is 0.833. The van der Waals surface area contributed by atoms with Crippen LogP contribution in [0.15, 0.2) is 0 Å². The Labute approximate surface area is 65.3 Å². The minimum atomic E-state index is -0.424. The molecular weight excluding hydrogens is 150 g/mol. The lowest BCUT2D eigenvalue weighted by Crippen LogP contribution is -2.30. The number of rotatable bonds is 5. The quantitative estimate of drug-likeness (QED) is 0.334. The molecule has 0 aliphatic heterocycles. The van der Waals surface area contributed by atoms with E-state index in [1.807, 2.05) is 0 Å². The van der Waals surface area contributed by atoms with Crippen LogP contribution in [0.1, 0.15) is 6.92 Å². The number of hydrogen-bond donors (Lipinski definition) is 1. The third-order valence-electron chi connectivity index (χ3n) is 0.967. The van der Waals surface area contributed by atoms with Gasteiger partial charge in [0.25, 0.3) is 0 Å². The molecule has 0 amide bonds. The molecule has 0 aliphatic carbocycles. The molecule has 0 aliphatic rings. The lowest BCUT2D eigenvalue weighted by atomic mass is 10.4. The van der Waals surface area contributed by atoms with Gasteiger partial charge in [-0.15, -0.1) is 0 Å². The van der Waals surface area contributed by atoms with E-state index in [2.05, 4.69) is 9.78 Å². The van der Waals surface area contributed by atoms with Gasteiger partial charge in [-0.1, -0.05) is 0 Å². The first-order valence-electron chi connectivity index (χ1n) is 3.23. The van der Waals surface area contributed by atoms with Crippen molar-refractivity contribution in [2.75, 3.05) is 20.3 Å². The van der Waals surface area contributed by atoms with Crippen molar-refractivity contribution in [3.8, 4) is 0 Å². The van der Waals surface area contributed by atoms with Crippen LogP contribution in [-0.2, 0) is 19.3 Å². The Morgan fingerprint density at radius 3 is 2.64 bits per heavy atom. The first kappa shape index (κ1) is 10.3. The van der Waals surface area contributed by atoms with Crippen LogP contribution in [0.5, 0.6) is 0 Å². The molecule has 11 heavy (non-hydrogen) atoms. The summed E-state index contributed by atoms with van der Waals surface area (Å²) >= 11 is 0. The molecular formula is C6H13NO4. The highest BCUT2D eigenvalue weighted by Crippen LogP contribution is 1.91. The van der Waals surface area contributed by atoms with Crippen LogP contribution in [0.3, 0.4) is 0 Å². The molecule has 66 valence electrons. The molecule has 2 N–H and O–H groups in total. The van der Waals surface area contributed by atoms with Gasteiger partial charge in [-0.25, -0.2) is 9.78 Å². The van der Waals surface area contributed by atoms with Crippen LogP contribution in [0.25, 0.3) is 0 Å². The molecule has 0 aromatic heterocycles. The second-order valence-electron chi connectivity index (χ2n) is 1.92. The van der Waals surface area contributed by atoms with Gasteiger partial charge >= 0.3 is 5.97 Å². The third-order valence-corrected chi connectivity index (χ3v) is 0.967. The van der Waals surface area contributed by atoms with E-state index in [9.17, 15) is 4.79 Å². The predicted molar refractivity (Wildman–Crippen MR) is 37.6 cm³/mol. The third kappa shape index (κ3) is 5.78. The van der Waals surface area contributed by atoms with Crippen LogP contribution >= 0.6 is 0 Å². The second kappa shape index (κ2) is 6.09. The summed E-state index contributed by atoms with van der Waals surface area (Å²) in [5.74, 6) is -0.375. The first-order chi connectivity index (χ1) is 5.20. The summed E-state index contributed by atoms with van der Waals surface area (Å²) in [6.07, 6.45) is -0.424. The molecule has 1 atom stereocenters. The topological polar surface area (TPSA) is 70.8 Å². The average molecular weight is 163 g/mol. The summed E-state index contributed by atoms with van der Waals surface area (Å²) < 4.78 is 4.73. The van der Waals surface area contributed by atoms with Crippen molar-refractivity contribution >= 4 is 5.97 Å². The van der Waals surface area contributed by atoms with Gasteiger partial charge in [0.1, 0.15) is 12.7 Å². The van der Waals surface area contributed by atoms with Gasteiger partial charge in [-0.05, 0) is 0 Å². The van der Waals surface area contributed by atoms with E-state index < -0.39 is 6.10 Å². The van der Waals surface area contributed by atoms with Gasteiger partial charge in [0.2, 0.25) is 0 Å². The number of ether oxygens (including phenoxy) is 1. The molecule has 0 spiro atoms. The Hall–Kier alpha value is -0.650. The Balaban J connectivity index is 3.49. The average Bonchev–Trinajstić information content (AvgIpc) is 1.97. The molecule has 5 heteroatoms. The highest BCUT2D eigenvalue weighted by Gasteiger charge is 2.09. The Morgan fingerprint density at radius 1 is 1.64 bits per heavy atom. The zero-order valence-electron chi connectivity index (χ0n) is 6.70. The van der Waals surface area contributed by atoms with E-state index in [1.54, 1.807) is 0 Å². The molecule has 0 bridgehead atoms. The van der Waals surface area contributed by atoms with Crippen molar-refractivity contribution in [1.82, 2.24) is 0 Å². The van der Waals surface area contributed by atoms with Crippen molar-refractivity contribution in [3.63, 3.8) is 0 Å². The molecule has 0 aromatic carbocycles. The summed E-state index contributed by atoms with van der Waals surface area (Å²) in [7, 11) is 1.38. The van der Waals surface area contributed by atoms with Crippen LogP contribution < -0.4 is 5.73 Å². The maximum absolute atomic E-state index is 10.4. The Bertz CT molecular complexity index is 117. The first-order valence-corrected chi connectivity index (χ1v) is 3.23. The van der Waals surface area contributed by atoms with Crippen molar-refractivity contribution in [2.45, 2.75) is 13.0 Å². The van der Waals surface area contributed by atoms with Crippen molar-refractivity contribution in [2.24, 2.45) is 5.73 Å². The largest absolute Gasteiger partial charge is 0.459 e. The molecule has 0 saturated carbocycles. The minimum absolute atomic E-state index is 0.159. The molecule has 0 aromatic rings. The summed E-state index contributed by atoms with van der Waals surface area (Å²) in [6, 6.07) is 0. The maximum Gasteiger partial charge on any atom is 0.303 e. The summed E-state index contributed by atoms with van der Waals surface area (Å²) in [5, 5.41) is 0. The summed E-state index contributed by atoms with van der Waals surface area (Å²) in [6.45, 7) is 1.70. The molecule has 5 nitrogen and oxygen atoms in total. The highest BCUT2D eigenvalue weighted by molar-refractivity contribution is 5.66. The predicted octanol–water partition coefficient (Wildman–Crippen LogP) is -0.545. The fourth-order valence-electron chi connectivity index (χ4n) is 0.529. The van der Waals surface area contributed by atoms with Gasteiger partial charge in [-0.3, -0.25) is 4.79 Å². The van der Waals surface area contributed by atoms with Crippen molar-refractivity contribution in [3.05, 3.63) is 0 Å². The van der Waals surface area contributed by atoms with Gasteiger partial charge in [0, 0.05) is 13.5 Å². The van der Waals surface area contributed by atoms with Crippen molar-refractivity contribution < 1.29 is 19.3 Å². The molecule has 0 saturated heterocycles. The Morgan fingerprint density at radius 2 is 2.27 bits per heavy atom. The monoisotopic (exact) mass is 163 g/mol. The number of carbonyl (C=O) groups is 1. The van der Waals surface area contributed by atoms with E-state index in [0.29, 0.717) is 0 Å².